The van der Waals surface area contributed by atoms with Crippen molar-refractivity contribution in [1.29, 1.82) is 0 Å². The third-order valence-corrected chi connectivity index (χ3v) is 2.25. The maximum Gasteiger partial charge on any atom is 0.139 e. The van der Waals surface area contributed by atoms with E-state index in [9.17, 15) is 0 Å². The second-order valence-corrected chi connectivity index (χ2v) is 3.92. The van der Waals surface area contributed by atoms with Gasteiger partial charge in [-0.25, -0.2) is 4.98 Å². The van der Waals surface area contributed by atoms with Gasteiger partial charge in [0.2, 0.25) is 0 Å². The lowest BCUT2D eigenvalue weighted by atomic mass is 10.1. The van der Waals surface area contributed by atoms with Crippen LogP contribution in [0.4, 0.5) is 5.69 Å². The van der Waals surface area contributed by atoms with Crippen molar-refractivity contribution in [3.8, 4) is 0 Å². The van der Waals surface area contributed by atoms with E-state index in [2.05, 4.69) is 30.4 Å². The van der Waals surface area contributed by atoms with Crippen molar-refractivity contribution in [2.75, 3.05) is 5.73 Å². The summed E-state index contributed by atoms with van der Waals surface area (Å²) in [6.45, 7) is 8.16. The number of rotatable bonds is 2. The minimum absolute atomic E-state index is 0.683. The van der Waals surface area contributed by atoms with Crippen molar-refractivity contribution < 1.29 is 0 Å². The molecule has 0 saturated heterocycles. The lowest BCUT2D eigenvalue weighted by Gasteiger charge is -2.00. The van der Waals surface area contributed by atoms with E-state index < -0.39 is 0 Å². The number of aromatic amines is 1. The van der Waals surface area contributed by atoms with Gasteiger partial charge in [0, 0.05) is 29.0 Å². The molecule has 0 radical (unpaired) electrons. The van der Waals surface area contributed by atoms with E-state index >= 15 is 0 Å². The Labute approximate surface area is 107 Å². The highest BCUT2D eigenvalue weighted by atomic mass is 14.8. The highest BCUT2D eigenvalue weighted by Crippen LogP contribution is 2.27. The summed E-state index contributed by atoms with van der Waals surface area (Å²) in [5.41, 5.74) is 14.4. The summed E-state index contributed by atoms with van der Waals surface area (Å²) in [4.78, 5) is 7.21. The van der Waals surface area contributed by atoms with Gasteiger partial charge in [0.15, 0.2) is 0 Å². The topological polar surface area (TPSA) is 80.7 Å². The Morgan fingerprint density at radius 2 is 2.17 bits per heavy atom. The molecule has 2 aromatic rings. The molecule has 0 aromatic carbocycles. The van der Waals surface area contributed by atoms with Crippen LogP contribution in [0.3, 0.4) is 0 Å². The maximum absolute atomic E-state index is 5.88. The fourth-order valence-corrected chi connectivity index (χ4v) is 1.54. The van der Waals surface area contributed by atoms with Gasteiger partial charge in [-0.15, -0.1) is 0 Å². The van der Waals surface area contributed by atoms with Crippen LogP contribution in [-0.2, 0) is 0 Å². The van der Waals surface area contributed by atoms with Crippen LogP contribution in [0.1, 0.15) is 25.8 Å². The fourth-order valence-electron chi connectivity index (χ4n) is 1.54. The molecule has 4 heteroatoms. The number of fused-ring (bicyclic) bond motifs is 1. The number of hydrogen-bond donors (Lipinski definition) is 3. The summed E-state index contributed by atoms with van der Waals surface area (Å²) in [5, 5.41) is 0.889. The van der Waals surface area contributed by atoms with Crippen molar-refractivity contribution >= 4 is 22.3 Å². The number of hydrogen-bond acceptors (Lipinski definition) is 3. The summed E-state index contributed by atoms with van der Waals surface area (Å²) in [5.74, 6) is 0. The van der Waals surface area contributed by atoms with Gasteiger partial charge in [-0.2, -0.15) is 0 Å². The Balaban J connectivity index is 0.000000492. The number of nitrogen functional groups attached to an aromatic ring is 1. The van der Waals surface area contributed by atoms with Crippen molar-refractivity contribution in [2.45, 2.75) is 20.3 Å². The summed E-state index contributed by atoms with van der Waals surface area (Å²) < 4.78 is 0. The number of aromatic nitrogens is 2. The molecule has 0 aliphatic carbocycles. The predicted octanol–water partition coefficient (Wildman–Crippen LogP) is 3.05. The Morgan fingerprint density at radius 1 is 1.50 bits per heavy atom. The van der Waals surface area contributed by atoms with Crippen LogP contribution in [0.2, 0.25) is 0 Å². The molecule has 0 spiro atoms. The molecular formula is C14H20N4. The second-order valence-electron chi connectivity index (χ2n) is 3.92. The molecule has 2 rings (SSSR count). The molecule has 0 atom stereocenters. The number of anilines is 1. The summed E-state index contributed by atoms with van der Waals surface area (Å²) >= 11 is 0. The Morgan fingerprint density at radius 3 is 2.78 bits per heavy atom. The molecule has 0 aliphatic rings. The molecule has 4 nitrogen and oxygen atoms in total. The molecule has 96 valence electrons. The predicted molar refractivity (Wildman–Crippen MR) is 78.8 cm³/mol. The van der Waals surface area contributed by atoms with Gasteiger partial charge in [-0.1, -0.05) is 26.8 Å². The van der Waals surface area contributed by atoms with E-state index in [0.29, 0.717) is 5.69 Å². The standard InChI is InChI=1S/C11H12N4.C3H8/c1-7(2-4-12)8-6-15-11-10(8)9(13)3-5-14-11;1-3-2/h2-6H,1,12H2,(H3,13,14,15);3H2,1-2H3/b4-2-;. The first kappa shape index (κ1) is 13.8. The van der Waals surface area contributed by atoms with Crippen LogP contribution in [0, 0.1) is 0 Å². The molecule has 0 saturated carbocycles. The highest BCUT2D eigenvalue weighted by molar-refractivity contribution is 5.99. The van der Waals surface area contributed by atoms with Crippen molar-refractivity contribution in [3.63, 3.8) is 0 Å². The number of nitrogens with two attached hydrogens (primary N) is 2. The number of pyridine rings is 1. The number of nitrogens with one attached hydrogen (secondary N) is 1. The first-order valence-corrected chi connectivity index (χ1v) is 5.94. The molecule has 0 aliphatic heterocycles. The number of H-pyrrole nitrogens is 1. The first-order chi connectivity index (χ1) is 8.65. The molecule has 0 fully saturated rings. The van der Waals surface area contributed by atoms with E-state index in [1.165, 1.54) is 12.6 Å². The van der Waals surface area contributed by atoms with Gasteiger partial charge in [-0.3, -0.25) is 0 Å². The molecule has 0 amide bonds. The molecule has 0 unspecified atom stereocenters. The lowest BCUT2D eigenvalue weighted by Crippen LogP contribution is -1.89. The van der Waals surface area contributed by atoms with Gasteiger partial charge in [-0.05, 0) is 23.9 Å². The van der Waals surface area contributed by atoms with E-state index in [4.69, 9.17) is 11.5 Å². The third kappa shape index (κ3) is 2.91. The number of nitrogens with zero attached hydrogens (tertiary/aromatic N) is 1. The molecule has 2 aromatic heterocycles. The van der Waals surface area contributed by atoms with Gasteiger partial charge in [0.1, 0.15) is 5.65 Å². The molecule has 0 bridgehead atoms. The van der Waals surface area contributed by atoms with Gasteiger partial charge in [0.05, 0.1) is 0 Å². The largest absolute Gasteiger partial charge is 0.405 e. The third-order valence-electron chi connectivity index (χ3n) is 2.25. The summed E-state index contributed by atoms with van der Waals surface area (Å²) in [6, 6.07) is 1.76. The lowest BCUT2D eigenvalue weighted by molar-refractivity contribution is 1.09. The van der Waals surface area contributed by atoms with Crippen molar-refractivity contribution in [2.24, 2.45) is 5.73 Å². The van der Waals surface area contributed by atoms with Crippen LogP contribution >= 0.6 is 0 Å². The first-order valence-electron chi connectivity index (χ1n) is 5.94. The molecule has 18 heavy (non-hydrogen) atoms. The zero-order valence-corrected chi connectivity index (χ0v) is 10.9. The zero-order chi connectivity index (χ0) is 13.5. The zero-order valence-electron chi connectivity index (χ0n) is 10.9. The smallest absolute Gasteiger partial charge is 0.139 e. The summed E-state index contributed by atoms with van der Waals surface area (Å²) in [6.07, 6.45) is 7.93. The highest BCUT2D eigenvalue weighted by Gasteiger charge is 2.08. The molecule has 5 N–H and O–H groups in total. The van der Waals surface area contributed by atoms with Gasteiger partial charge in [0.25, 0.3) is 0 Å². The van der Waals surface area contributed by atoms with Crippen molar-refractivity contribution in [1.82, 2.24) is 9.97 Å². The van der Waals surface area contributed by atoms with E-state index in [1.54, 1.807) is 18.3 Å². The molecular weight excluding hydrogens is 224 g/mol. The molecule has 2 heterocycles. The minimum atomic E-state index is 0.683. The Kier molecular flexibility index (Phi) is 4.99. The monoisotopic (exact) mass is 244 g/mol. The normalized spacial score (nSPS) is 10.3. The quantitative estimate of drug-likeness (QED) is 0.710. The number of allylic oxidation sites excluding steroid dienone is 2. The van der Waals surface area contributed by atoms with E-state index in [-0.39, 0.29) is 0 Å². The van der Waals surface area contributed by atoms with E-state index in [1.807, 2.05) is 6.20 Å². The van der Waals surface area contributed by atoms with Crippen LogP contribution in [0.5, 0.6) is 0 Å². The van der Waals surface area contributed by atoms with Crippen LogP contribution in [-0.4, -0.2) is 9.97 Å². The Bertz CT molecular complexity index is 552. The van der Waals surface area contributed by atoms with Crippen LogP contribution in [0.25, 0.3) is 16.6 Å². The second kappa shape index (κ2) is 6.49. The SMILES string of the molecule is C=C(/C=C\N)c1c[nH]c2nccc(N)c12.CCC. The van der Waals surface area contributed by atoms with E-state index in [0.717, 1.165) is 22.2 Å². The minimum Gasteiger partial charge on any atom is -0.405 e. The Hall–Kier alpha value is -2.23. The van der Waals surface area contributed by atoms with Crippen molar-refractivity contribution in [3.05, 3.63) is 42.9 Å². The van der Waals surface area contributed by atoms with Gasteiger partial charge >= 0.3 is 0 Å². The maximum atomic E-state index is 5.88. The average molecular weight is 244 g/mol. The fraction of sp³-hybridized carbons (Fsp3) is 0.214. The summed E-state index contributed by atoms with van der Waals surface area (Å²) in [7, 11) is 0. The van der Waals surface area contributed by atoms with Gasteiger partial charge < -0.3 is 16.5 Å². The van der Waals surface area contributed by atoms with Crippen LogP contribution < -0.4 is 11.5 Å². The average Bonchev–Trinajstić information content (AvgIpc) is 2.75. The van der Waals surface area contributed by atoms with Crippen LogP contribution in [0.15, 0.2) is 37.3 Å².